The second kappa shape index (κ2) is 9.12. The minimum atomic E-state index is 0.0533. The summed E-state index contributed by atoms with van der Waals surface area (Å²) in [4.78, 5) is 12.6. The van der Waals surface area contributed by atoms with Crippen molar-refractivity contribution in [1.29, 1.82) is 0 Å². The first-order valence-corrected chi connectivity index (χ1v) is 4.92. The Morgan fingerprint density at radius 3 is 2.36 bits per heavy atom. The van der Waals surface area contributed by atoms with Crippen LogP contribution in [0, 0.1) is 0 Å². The topological polar surface area (TPSA) is 38.8 Å². The van der Waals surface area contributed by atoms with Gasteiger partial charge in [-0.05, 0) is 34.0 Å². The van der Waals surface area contributed by atoms with Gasteiger partial charge in [-0.3, -0.25) is 4.79 Å². The van der Waals surface area contributed by atoms with Crippen molar-refractivity contribution in [2.24, 2.45) is 0 Å². The van der Waals surface area contributed by atoms with Crippen molar-refractivity contribution in [2.75, 3.05) is 47.1 Å². The lowest BCUT2D eigenvalue weighted by atomic mass is 10.4. The van der Waals surface area contributed by atoms with E-state index in [1.807, 2.05) is 14.1 Å². The molecule has 4 nitrogen and oxygen atoms in total. The first-order valence-electron chi connectivity index (χ1n) is 4.92. The van der Waals surface area contributed by atoms with E-state index in [0.717, 1.165) is 19.6 Å². The van der Waals surface area contributed by atoms with E-state index in [4.69, 9.17) is 9.47 Å². The summed E-state index contributed by atoms with van der Waals surface area (Å²) in [5.74, 6) is 0.0533. The number of Topliss-reactive ketones (excluding diaryl/α,β-unsaturated/α-hetero) is 1. The summed E-state index contributed by atoms with van der Waals surface area (Å²) >= 11 is 0. The Bertz CT molecular complexity index is 148. The number of carbonyl (C=O) groups excluding carboxylic acids is 1. The molecule has 0 aliphatic heterocycles. The van der Waals surface area contributed by atoms with Crippen LogP contribution in [0.25, 0.3) is 0 Å². The van der Waals surface area contributed by atoms with Gasteiger partial charge in [-0.2, -0.15) is 0 Å². The summed E-state index contributed by atoms with van der Waals surface area (Å²) in [5.41, 5.74) is 0. The molecule has 0 aliphatic rings. The third kappa shape index (κ3) is 11.6. The Balaban J connectivity index is 2.96. The van der Waals surface area contributed by atoms with E-state index < -0.39 is 0 Å². The number of ether oxygens (including phenoxy) is 2. The van der Waals surface area contributed by atoms with Crippen LogP contribution in [0.1, 0.15) is 13.3 Å². The van der Waals surface area contributed by atoms with E-state index >= 15 is 0 Å². The maximum Gasteiger partial charge on any atom is 0.155 e. The van der Waals surface area contributed by atoms with Crippen molar-refractivity contribution in [3.05, 3.63) is 0 Å². The fourth-order valence-corrected chi connectivity index (χ4v) is 0.919. The Morgan fingerprint density at radius 2 is 1.79 bits per heavy atom. The third-order valence-electron chi connectivity index (χ3n) is 1.57. The SMILES string of the molecule is CC(=O)COCCOCCCN(C)C. The molecule has 0 radical (unpaired) electrons. The largest absolute Gasteiger partial charge is 0.379 e. The standard InChI is InChI=1S/C10H21NO3/c1-10(12)9-14-8-7-13-6-4-5-11(2)3/h4-9H2,1-3H3. The molecule has 4 heteroatoms. The van der Waals surface area contributed by atoms with Crippen molar-refractivity contribution >= 4 is 5.78 Å². The fraction of sp³-hybridized carbons (Fsp3) is 0.900. The first kappa shape index (κ1) is 13.5. The van der Waals surface area contributed by atoms with Gasteiger partial charge in [0.05, 0.1) is 13.2 Å². The zero-order valence-corrected chi connectivity index (χ0v) is 9.41. The van der Waals surface area contributed by atoms with Crippen LogP contribution >= 0.6 is 0 Å². The van der Waals surface area contributed by atoms with Gasteiger partial charge >= 0.3 is 0 Å². The molecule has 0 aromatic heterocycles. The molecule has 0 fully saturated rings. The number of carbonyl (C=O) groups is 1. The Kier molecular flexibility index (Phi) is 8.83. The van der Waals surface area contributed by atoms with Crippen molar-refractivity contribution in [2.45, 2.75) is 13.3 Å². The number of rotatable bonds is 9. The first-order chi connectivity index (χ1) is 6.63. The van der Waals surface area contributed by atoms with E-state index in [0.29, 0.717) is 13.2 Å². The van der Waals surface area contributed by atoms with Gasteiger partial charge in [0.2, 0.25) is 0 Å². The second-order valence-corrected chi connectivity index (χ2v) is 3.52. The number of ketones is 1. The molecule has 0 amide bonds. The molecule has 14 heavy (non-hydrogen) atoms. The predicted octanol–water partition coefficient (Wildman–Crippen LogP) is 0.560. The van der Waals surface area contributed by atoms with Gasteiger partial charge in [-0.15, -0.1) is 0 Å². The van der Waals surface area contributed by atoms with Gasteiger partial charge < -0.3 is 14.4 Å². The molecule has 0 bridgehead atoms. The van der Waals surface area contributed by atoms with Crippen LogP contribution in [-0.2, 0) is 14.3 Å². The molecule has 0 aromatic carbocycles. The monoisotopic (exact) mass is 203 g/mol. The summed E-state index contributed by atoms with van der Waals surface area (Å²) in [6, 6.07) is 0. The molecular formula is C10H21NO3. The maximum atomic E-state index is 10.5. The highest BCUT2D eigenvalue weighted by Crippen LogP contribution is 1.86. The summed E-state index contributed by atoms with van der Waals surface area (Å²) in [6.07, 6.45) is 1.03. The van der Waals surface area contributed by atoms with Gasteiger partial charge in [0.1, 0.15) is 6.61 Å². The van der Waals surface area contributed by atoms with Crippen molar-refractivity contribution < 1.29 is 14.3 Å². The summed E-state index contributed by atoms with van der Waals surface area (Å²) in [5, 5.41) is 0. The quantitative estimate of drug-likeness (QED) is 0.513. The highest BCUT2D eigenvalue weighted by molar-refractivity contribution is 5.76. The van der Waals surface area contributed by atoms with Crippen LogP contribution in [0.5, 0.6) is 0 Å². The third-order valence-corrected chi connectivity index (χ3v) is 1.57. The van der Waals surface area contributed by atoms with Crippen LogP contribution < -0.4 is 0 Å². The van der Waals surface area contributed by atoms with Gasteiger partial charge in [0.25, 0.3) is 0 Å². The zero-order valence-electron chi connectivity index (χ0n) is 9.41. The van der Waals surface area contributed by atoms with Crippen LogP contribution in [0.15, 0.2) is 0 Å². The summed E-state index contributed by atoms with van der Waals surface area (Å²) in [6.45, 7) is 4.57. The maximum absolute atomic E-state index is 10.5. The molecule has 0 saturated heterocycles. The van der Waals surface area contributed by atoms with Crippen LogP contribution in [-0.4, -0.2) is 57.8 Å². The lowest BCUT2D eigenvalue weighted by molar-refractivity contribution is -0.121. The van der Waals surface area contributed by atoms with Gasteiger partial charge in [-0.1, -0.05) is 0 Å². The van der Waals surface area contributed by atoms with Crippen LogP contribution in [0.3, 0.4) is 0 Å². The minimum absolute atomic E-state index is 0.0533. The van der Waals surface area contributed by atoms with E-state index in [2.05, 4.69) is 4.90 Å². The lowest BCUT2D eigenvalue weighted by Crippen LogP contribution is -2.16. The molecule has 0 aliphatic carbocycles. The normalized spacial score (nSPS) is 10.9. The molecule has 0 aromatic rings. The summed E-state index contributed by atoms with van der Waals surface area (Å²) in [7, 11) is 4.08. The second-order valence-electron chi connectivity index (χ2n) is 3.52. The fourth-order valence-electron chi connectivity index (χ4n) is 0.919. The van der Waals surface area contributed by atoms with E-state index in [-0.39, 0.29) is 12.4 Å². The zero-order chi connectivity index (χ0) is 10.8. The Morgan fingerprint density at radius 1 is 1.14 bits per heavy atom. The Labute approximate surface area is 86.2 Å². The van der Waals surface area contributed by atoms with Crippen molar-refractivity contribution in [3.63, 3.8) is 0 Å². The number of nitrogens with zero attached hydrogens (tertiary/aromatic N) is 1. The predicted molar refractivity (Wildman–Crippen MR) is 55.5 cm³/mol. The summed E-state index contributed by atoms with van der Waals surface area (Å²) < 4.78 is 10.3. The van der Waals surface area contributed by atoms with Gasteiger partial charge in [0.15, 0.2) is 5.78 Å². The average Bonchev–Trinajstić information content (AvgIpc) is 2.08. The van der Waals surface area contributed by atoms with Crippen molar-refractivity contribution in [3.8, 4) is 0 Å². The van der Waals surface area contributed by atoms with Crippen molar-refractivity contribution in [1.82, 2.24) is 4.90 Å². The highest BCUT2D eigenvalue weighted by atomic mass is 16.5. The highest BCUT2D eigenvalue weighted by Gasteiger charge is 1.94. The van der Waals surface area contributed by atoms with E-state index in [1.165, 1.54) is 6.92 Å². The number of hydrogen-bond donors (Lipinski definition) is 0. The van der Waals surface area contributed by atoms with Crippen LogP contribution in [0.2, 0.25) is 0 Å². The molecule has 0 unspecified atom stereocenters. The molecule has 84 valence electrons. The molecule has 0 rings (SSSR count). The van der Waals surface area contributed by atoms with Gasteiger partial charge in [0, 0.05) is 6.61 Å². The number of hydrogen-bond acceptors (Lipinski definition) is 4. The Hall–Kier alpha value is -0.450. The molecule has 0 atom stereocenters. The molecule has 0 heterocycles. The van der Waals surface area contributed by atoms with E-state index in [1.54, 1.807) is 0 Å². The molecule has 0 saturated carbocycles. The van der Waals surface area contributed by atoms with Gasteiger partial charge in [-0.25, -0.2) is 0 Å². The average molecular weight is 203 g/mol. The lowest BCUT2D eigenvalue weighted by Gasteiger charge is -2.09. The molecule has 0 N–H and O–H groups in total. The molecule has 0 spiro atoms. The smallest absolute Gasteiger partial charge is 0.155 e. The molecular weight excluding hydrogens is 182 g/mol. The minimum Gasteiger partial charge on any atom is -0.379 e. The van der Waals surface area contributed by atoms with E-state index in [9.17, 15) is 4.79 Å². The van der Waals surface area contributed by atoms with Crippen LogP contribution in [0.4, 0.5) is 0 Å².